The fourth-order valence-corrected chi connectivity index (χ4v) is 1.97. The van der Waals surface area contributed by atoms with Gasteiger partial charge in [-0.1, -0.05) is 6.08 Å². The minimum atomic E-state index is -1.31. The Balaban J connectivity index is 1.97. The van der Waals surface area contributed by atoms with E-state index in [9.17, 15) is 4.79 Å². The Morgan fingerprint density at radius 3 is 3.11 bits per heavy atom. The normalized spacial score (nSPS) is 15.8. The summed E-state index contributed by atoms with van der Waals surface area (Å²) in [6.07, 6.45) is 6.43. The number of carbonyl (C=O) groups is 1. The van der Waals surface area contributed by atoms with Gasteiger partial charge in [-0.2, -0.15) is 0 Å². The highest BCUT2D eigenvalue weighted by atomic mass is 16.7. The van der Waals surface area contributed by atoms with Crippen LogP contribution in [0.25, 0.3) is 0 Å². The van der Waals surface area contributed by atoms with E-state index in [0.717, 1.165) is 17.1 Å². The topological polar surface area (TPSA) is 62.1 Å². The molecule has 18 heavy (non-hydrogen) atoms. The van der Waals surface area contributed by atoms with E-state index in [1.54, 1.807) is 18.2 Å². The van der Waals surface area contributed by atoms with Gasteiger partial charge < -0.3 is 14.7 Å². The standard InChI is InChI=1S/C13H10N2O3/c16-13(17)18-10-4-5-11-9(7-10)8-15-6-2-1-3-12(15)14-11/h1-7H,8H2,(H,16,17). The van der Waals surface area contributed by atoms with Crippen LogP contribution >= 0.6 is 0 Å². The molecule has 2 aliphatic rings. The van der Waals surface area contributed by atoms with Crippen LogP contribution in [0.5, 0.6) is 5.75 Å². The maximum Gasteiger partial charge on any atom is 0.511 e. The minimum Gasteiger partial charge on any atom is -0.449 e. The summed E-state index contributed by atoms with van der Waals surface area (Å²) in [5.74, 6) is 1.20. The van der Waals surface area contributed by atoms with Crippen molar-refractivity contribution in [3.05, 3.63) is 48.2 Å². The summed E-state index contributed by atoms with van der Waals surface area (Å²) >= 11 is 0. The third-order valence-corrected chi connectivity index (χ3v) is 2.75. The van der Waals surface area contributed by atoms with Gasteiger partial charge in [-0.3, -0.25) is 0 Å². The number of hydrogen-bond donors (Lipinski definition) is 1. The zero-order valence-electron chi connectivity index (χ0n) is 9.41. The molecule has 2 heterocycles. The predicted octanol–water partition coefficient (Wildman–Crippen LogP) is 2.67. The smallest absolute Gasteiger partial charge is 0.449 e. The lowest BCUT2D eigenvalue weighted by molar-refractivity contribution is 0.144. The average Bonchev–Trinajstić information content (AvgIpc) is 2.35. The molecule has 0 aliphatic carbocycles. The van der Waals surface area contributed by atoms with E-state index in [0.29, 0.717) is 12.3 Å². The number of amidine groups is 1. The van der Waals surface area contributed by atoms with Gasteiger partial charge in [0.05, 0.1) is 12.2 Å². The van der Waals surface area contributed by atoms with E-state index >= 15 is 0 Å². The molecule has 1 N–H and O–H groups in total. The number of fused-ring (bicyclic) bond motifs is 2. The summed E-state index contributed by atoms with van der Waals surface area (Å²) in [6.45, 7) is 0.659. The van der Waals surface area contributed by atoms with Crippen LogP contribution in [0.15, 0.2) is 47.6 Å². The van der Waals surface area contributed by atoms with Crippen LogP contribution in [0.3, 0.4) is 0 Å². The number of aliphatic imine (C=N–C) groups is 1. The van der Waals surface area contributed by atoms with Crippen molar-refractivity contribution in [1.82, 2.24) is 4.90 Å². The highest BCUT2D eigenvalue weighted by Gasteiger charge is 2.18. The molecule has 5 heteroatoms. The van der Waals surface area contributed by atoms with E-state index in [1.807, 2.05) is 29.3 Å². The molecule has 0 saturated carbocycles. The van der Waals surface area contributed by atoms with Crippen molar-refractivity contribution in [2.75, 3.05) is 0 Å². The lowest BCUT2D eigenvalue weighted by atomic mass is 10.1. The molecule has 0 saturated heterocycles. The molecule has 0 fully saturated rings. The molecule has 0 bridgehead atoms. The summed E-state index contributed by atoms with van der Waals surface area (Å²) in [5.41, 5.74) is 1.79. The molecule has 0 unspecified atom stereocenters. The van der Waals surface area contributed by atoms with Crippen molar-refractivity contribution in [3.8, 4) is 5.75 Å². The molecule has 3 rings (SSSR count). The molecule has 0 atom stereocenters. The van der Waals surface area contributed by atoms with E-state index in [4.69, 9.17) is 5.11 Å². The second kappa shape index (κ2) is 4.03. The van der Waals surface area contributed by atoms with Gasteiger partial charge >= 0.3 is 6.16 Å². The zero-order chi connectivity index (χ0) is 12.5. The molecule has 0 spiro atoms. The largest absolute Gasteiger partial charge is 0.511 e. The van der Waals surface area contributed by atoms with Gasteiger partial charge in [-0.15, -0.1) is 0 Å². The van der Waals surface area contributed by atoms with E-state index in [-0.39, 0.29) is 0 Å². The van der Waals surface area contributed by atoms with Crippen LogP contribution in [-0.2, 0) is 6.54 Å². The van der Waals surface area contributed by atoms with Gasteiger partial charge in [0.25, 0.3) is 0 Å². The monoisotopic (exact) mass is 242 g/mol. The second-order valence-electron chi connectivity index (χ2n) is 3.96. The first-order chi connectivity index (χ1) is 8.72. The summed E-state index contributed by atoms with van der Waals surface area (Å²) < 4.78 is 4.63. The molecular formula is C13H10N2O3. The van der Waals surface area contributed by atoms with Gasteiger partial charge in [0.15, 0.2) is 0 Å². The Bertz CT molecular complexity index is 602. The van der Waals surface area contributed by atoms with Crippen molar-refractivity contribution in [3.63, 3.8) is 0 Å². The Morgan fingerprint density at radius 1 is 1.39 bits per heavy atom. The first-order valence-corrected chi connectivity index (χ1v) is 5.46. The van der Waals surface area contributed by atoms with Gasteiger partial charge in [0.2, 0.25) is 0 Å². The zero-order valence-corrected chi connectivity index (χ0v) is 9.41. The summed E-state index contributed by atoms with van der Waals surface area (Å²) in [5, 5.41) is 8.58. The van der Waals surface area contributed by atoms with E-state index in [1.165, 1.54) is 0 Å². The van der Waals surface area contributed by atoms with Crippen LogP contribution in [0.2, 0.25) is 0 Å². The summed E-state index contributed by atoms with van der Waals surface area (Å²) in [7, 11) is 0. The summed E-state index contributed by atoms with van der Waals surface area (Å²) in [6, 6.07) is 5.08. The van der Waals surface area contributed by atoms with Crippen molar-refractivity contribution in [1.29, 1.82) is 0 Å². The number of allylic oxidation sites excluding steroid dienone is 2. The van der Waals surface area contributed by atoms with E-state index < -0.39 is 6.16 Å². The Labute approximate surface area is 103 Å². The van der Waals surface area contributed by atoms with Crippen molar-refractivity contribution < 1.29 is 14.6 Å². The minimum absolute atomic E-state index is 0.316. The number of carboxylic acid groups (broad SMARTS) is 1. The molecular weight excluding hydrogens is 232 g/mol. The highest BCUT2D eigenvalue weighted by molar-refractivity contribution is 5.98. The Kier molecular flexibility index (Phi) is 2.37. The van der Waals surface area contributed by atoms with Crippen LogP contribution in [0, 0.1) is 0 Å². The van der Waals surface area contributed by atoms with Crippen molar-refractivity contribution in [2.24, 2.45) is 4.99 Å². The maximum atomic E-state index is 10.5. The first-order valence-electron chi connectivity index (χ1n) is 5.46. The fourth-order valence-electron chi connectivity index (χ4n) is 1.97. The van der Waals surface area contributed by atoms with Crippen LogP contribution in [0.1, 0.15) is 5.56 Å². The molecule has 0 aromatic heterocycles. The van der Waals surface area contributed by atoms with Gasteiger partial charge in [0, 0.05) is 11.8 Å². The molecule has 2 aliphatic heterocycles. The van der Waals surface area contributed by atoms with Crippen LogP contribution in [-0.4, -0.2) is 22.0 Å². The second-order valence-corrected chi connectivity index (χ2v) is 3.96. The first kappa shape index (κ1) is 10.6. The maximum absolute atomic E-state index is 10.5. The molecule has 1 aromatic carbocycles. The quantitative estimate of drug-likeness (QED) is 0.607. The molecule has 90 valence electrons. The number of benzene rings is 1. The highest BCUT2D eigenvalue weighted by Crippen LogP contribution is 2.30. The molecule has 5 nitrogen and oxygen atoms in total. The van der Waals surface area contributed by atoms with Crippen LogP contribution in [0.4, 0.5) is 10.5 Å². The van der Waals surface area contributed by atoms with Gasteiger partial charge in [-0.05, 0) is 30.4 Å². The average molecular weight is 242 g/mol. The third-order valence-electron chi connectivity index (χ3n) is 2.75. The molecule has 1 aromatic rings. The lowest BCUT2D eigenvalue weighted by Gasteiger charge is -2.27. The number of rotatable bonds is 1. The Morgan fingerprint density at radius 2 is 2.28 bits per heavy atom. The lowest BCUT2D eigenvalue weighted by Crippen LogP contribution is -2.27. The van der Waals surface area contributed by atoms with Gasteiger partial charge in [-0.25, -0.2) is 9.79 Å². The SMILES string of the molecule is O=C(O)Oc1ccc2c(c1)CN1C=CC=CC1=N2. The molecule has 0 amide bonds. The predicted molar refractivity (Wildman–Crippen MR) is 66.0 cm³/mol. The number of hydrogen-bond acceptors (Lipinski definition) is 4. The fraction of sp³-hybridized carbons (Fsp3) is 0.0769. The van der Waals surface area contributed by atoms with E-state index in [2.05, 4.69) is 9.73 Å². The summed E-state index contributed by atoms with van der Waals surface area (Å²) in [4.78, 5) is 17.0. The molecule has 0 radical (unpaired) electrons. The number of ether oxygens (including phenoxy) is 1. The van der Waals surface area contributed by atoms with Gasteiger partial charge in [0.1, 0.15) is 11.6 Å². The Hall–Kier alpha value is -2.56. The van der Waals surface area contributed by atoms with Crippen molar-refractivity contribution >= 4 is 17.7 Å². The van der Waals surface area contributed by atoms with Crippen molar-refractivity contribution in [2.45, 2.75) is 6.54 Å². The third kappa shape index (κ3) is 1.86. The number of nitrogens with zero attached hydrogens (tertiary/aromatic N) is 2. The van der Waals surface area contributed by atoms with Crippen LogP contribution < -0.4 is 4.74 Å².